The fourth-order valence-electron chi connectivity index (χ4n) is 2.39. The van der Waals surface area contributed by atoms with Crippen molar-refractivity contribution in [3.05, 3.63) is 47.2 Å². The topological polar surface area (TPSA) is 82.0 Å². The van der Waals surface area contributed by atoms with Crippen molar-refractivity contribution >= 4 is 23.4 Å². The number of aromatic nitrogens is 1. The molecule has 2 aromatic rings. The quantitative estimate of drug-likeness (QED) is 0.907. The SMILES string of the molecule is NC(=O)c1ccc(N)c(Sc2ccc3c(c2)CCC3)n1. The van der Waals surface area contributed by atoms with Crippen LogP contribution >= 0.6 is 11.8 Å². The van der Waals surface area contributed by atoms with Crippen LogP contribution < -0.4 is 11.5 Å². The number of carbonyl (C=O) groups is 1. The summed E-state index contributed by atoms with van der Waals surface area (Å²) in [5.41, 5.74) is 14.8. The van der Waals surface area contributed by atoms with Crippen molar-refractivity contribution in [3.63, 3.8) is 0 Å². The first-order valence-corrected chi connectivity index (χ1v) is 7.31. The molecular weight excluding hydrogens is 270 g/mol. The number of benzene rings is 1. The molecule has 4 nitrogen and oxygen atoms in total. The predicted octanol–water partition coefficient (Wildman–Crippen LogP) is 2.40. The number of fused-ring (bicyclic) bond motifs is 1. The largest absolute Gasteiger partial charge is 0.397 e. The lowest BCUT2D eigenvalue weighted by molar-refractivity contribution is 0.0995. The van der Waals surface area contributed by atoms with E-state index in [9.17, 15) is 4.79 Å². The van der Waals surface area contributed by atoms with E-state index in [2.05, 4.69) is 23.2 Å². The van der Waals surface area contributed by atoms with Crippen LogP contribution in [0.25, 0.3) is 0 Å². The second-order valence-corrected chi connectivity index (χ2v) is 5.90. The van der Waals surface area contributed by atoms with Gasteiger partial charge in [0.1, 0.15) is 10.7 Å². The molecule has 1 aromatic heterocycles. The Labute approximate surface area is 121 Å². The molecule has 0 fully saturated rings. The highest BCUT2D eigenvalue weighted by atomic mass is 32.2. The van der Waals surface area contributed by atoms with Gasteiger partial charge in [-0.05, 0) is 54.7 Å². The molecule has 0 saturated carbocycles. The van der Waals surface area contributed by atoms with Crippen LogP contribution in [0.15, 0.2) is 40.3 Å². The second kappa shape index (κ2) is 5.17. The molecule has 0 saturated heterocycles. The minimum atomic E-state index is -0.541. The Kier molecular flexibility index (Phi) is 3.36. The first-order chi connectivity index (χ1) is 9.63. The number of anilines is 1. The average Bonchev–Trinajstić information content (AvgIpc) is 2.88. The monoisotopic (exact) mass is 285 g/mol. The molecule has 1 amide bonds. The van der Waals surface area contributed by atoms with Crippen LogP contribution in [0, 0.1) is 0 Å². The molecule has 0 unspecified atom stereocenters. The van der Waals surface area contributed by atoms with Gasteiger partial charge in [-0.25, -0.2) is 4.98 Å². The van der Waals surface area contributed by atoms with Crippen molar-refractivity contribution in [3.8, 4) is 0 Å². The number of pyridine rings is 1. The summed E-state index contributed by atoms with van der Waals surface area (Å²) in [6, 6.07) is 9.64. The standard InChI is InChI=1S/C15H15N3OS/c16-12-6-7-13(14(17)19)18-15(12)20-11-5-4-9-2-1-3-10(9)8-11/h4-8H,1-3,16H2,(H2,17,19). The third-order valence-corrected chi connectivity index (χ3v) is 4.44. The summed E-state index contributed by atoms with van der Waals surface area (Å²) in [4.78, 5) is 16.5. The fourth-order valence-corrected chi connectivity index (χ4v) is 3.28. The van der Waals surface area contributed by atoms with E-state index < -0.39 is 5.91 Å². The number of primary amides is 1. The fraction of sp³-hybridized carbons (Fsp3) is 0.200. The second-order valence-electron chi connectivity index (χ2n) is 4.84. The smallest absolute Gasteiger partial charge is 0.267 e. The molecule has 4 N–H and O–H groups in total. The highest BCUT2D eigenvalue weighted by Gasteiger charge is 2.13. The summed E-state index contributed by atoms with van der Waals surface area (Å²) in [6.07, 6.45) is 3.52. The zero-order valence-electron chi connectivity index (χ0n) is 10.9. The summed E-state index contributed by atoms with van der Waals surface area (Å²) in [5, 5.41) is 0.624. The minimum absolute atomic E-state index is 0.239. The van der Waals surface area contributed by atoms with Crippen molar-refractivity contribution in [2.45, 2.75) is 29.2 Å². The Bertz CT molecular complexity index is 685. The van der Waals surface area contributed by atoms with Gasteiger partial charge in [-0.1, -0.05) is 17.8 Å². The van der Waals surface area contributed by atoms with Crippen LogP contribution in [0.1, 0.15) is 28.0 Å². The lowest BCUT2D eigenvalue weighted by Gasteiger charge is -2.07. The van der Waals surface area contributed by atoms with E-state index >= 15 is 0 Å². The number of hydrogen-bond acceptors (Lipinski definition) is 4. The van der Waals surface area contributed by atoms with Crippen LogP contribution in [0.4, 0.5) is 5.69 Å². The van der Waals surface area contributed by atoms with Gasteiger partial charge in [0, 0.05) is 4.90 Å². The number of nitrogens with two attached hydrogens (primary N) is 2. The molecule has 0 spiro atoms. The van der Waals surface area contributed by atoms with Crippen LogP contribution in [-0.2, 0) is 12.8 Å². The summed E-state index contributed by atoms with van der Waals surface area (Å²) in [7, 11) is 0. The Hall–Kier alpha value is -2.01. The van der Waals surface area contributed by atoms with E-state index in [1.165, 1.54) is 29.3 Å². The molecule has 20 heavy (non-hydrogen) atoms. The molecule has 5 heteroatoms. The molecule has 0 atom stereocenters. The maximum atomic E-state index is 11.2. The number of nitrogen functional groups attached to an aromatic ring is 1. The molecular formula is C15H15N3OS. The molecule has 1 aliphatic rings. The number of hydrogen-bond donors (Lipinski definition) is 2. The maximum absolute atomic E-state index is 11.2. The summed E-state index contributed by atoms with van der Waals surface area (Å²) in [5.74, 6) is -0.541. The van der Waals surface area contributed by atoms with Crippen LogP contribution in [0.2, 0.25) is 0 Å². The van der Waals surface area contributed by atoms with E-state index in [1.807, 2.05) is 0 Å². The first kappa shape index (κ1) is 13.0. The third kappa shape index (κ3) is 2.49. The van der Waals surface area contributed by atoms with E-state index in [1.54, 1.807) is 12.1 Å². The van der Waals surface area contributed by atoms with Crippen molar-refractivity contribution in [2.75, 3.05) is 5.73 Å². The molecule has 0 aliphatic heterocycles. The molecule has 1 aliphatic carbocycles. The lowest BCUT2D eigenvalue weighted by atomic mass is 10.1. The number of rotatable bonds is 3. The Morgan fingerprint density at radius 3 is 2.75 bits per heavy atom. The molecule has 0 bridgehead atoms. The first-order valence-electron chi connectivity index (χ1n) is 6.49. The molecule has 1 aromatic carbocycles. The number of amides is 1. The summed E-state index contributed by atoms with van der Waals surface area (Å²) < 4.78 is 0. The highest BCUT2D eigenvalue weighted by Crippen LogP contribution is 2.33. The zero-order chi connectivity index (χ0) is 14.1. The number of carbonyl (C=O) groups excluding carboxylic acids is 1. The van der Waals surface area contributed by atoms with E-state index in [4.69, 9.17) is 11.5 Å². The van der Waals surface area contributed by atoms with Crippen molar-refractivity contribution in [1.29, 1.82) is 0 Å². The van der Waals surface area contributed by atoms with Gasteiger partial charge in [0.15, 0.2) is 0 Å². The van der Waals surface area contributed by atoms with E-state index in [-0.39, 0.29) is 5.69 Å². The van der Waals surface area contributed by atoms with Gasteiger partial charge in [-0.2, -0.15) is 0 Å². The normalized spacial score (nSPS) is 13.2. The predicted molar refractivity (Wildman–Crippen MR) is 79.8 cm³/mol. The molecule has 3 rings (SSSR count). The van der Waals surface area contributed by atoms with Gasteiger partial charge in [0.05, 0.1) is 5.69 Å². The maximum Gasteiger partial charge on any atom is 0.267 e. The molecule has 0 radical (unpaired) electrons. The van der Waals surface area contributed by atoms with Crippen LogP contribution in [0.3, 0.4) is 0 Å². The van der Waals surface area contributed by atoms with Gasteiger partial charge < -0.3 is 11.5 Å². The van der Waals surface area contributed by atoms with Gasteiger partial charge in [-0.15, -0.1) is 0 Å². The zero-order valence-corrected chi connectivity index (χ0v) is 11.7. The minimum Gasteiger partial charge on any atom is -0.397 e. The highest BCUT2D eigenvalue weighted by molar-refractivity contribution is 7.99. The van der Waals surface area contributed by atoms with Gasteiger partial charge in [0.2, 0.25) is 0 Å². The lowest BCUT2D eigenvalue weighted by Crippen LogP contribution is -2.13. The van der Waals surface area contributed by atoms with Crippen molar-refractivity contribution < 1.29 is 4.79 Å². The summed E-state index contributed by atoms with van der Waals surface area (Å²) >= 11 is 1.47. The van der Waals surface area contributed by atoms with E-state index in [0.717, 1.165) is 17.7 Å². The Balaban J connectivity index is 1.91. The van der Waals surface area contributed by atoms with Crippen LogP contribution in [0.5, 0.6) is 0 Å². The Morgan fingerprint density at radius 1 is 1.15 bits per heavy atom. The Morgan fingerprint density at radius 2 is 1.95 bits per heavy atom. The van der Waals surface area contributed by atoms with Gasteiger partial charge in [0.25, 0.3) is 5.91 Å². The van der Waals surface area contributed by atoms with Gasteiger partial charge in [-0.3, -0.25) is 4.79 Å². The number of nitrogens with zero attached hydrogens (tertiary/aromatic N) is 1. The molecule has 102 valence electrons. The average molecular weight is 285 g/mol. The van der Waals surface area contributed by atoms with Crippen molar-refractivity contribution in [2.24, 2.45) is 5.73 Å². The molecule has 1 heterocycles. The van der Waals surface area contributed by atoms with Crippen molar-refractivity contribution in [1.82, 2.24) is 4.98 Å². The third-order valence-electron chi connectivity index (χ3n) is 3.43. The van der Waals surface area contributed by atoms with E-state index in [0.29, 0.717) is 10.7 Å². The summed E-state index contributed by atoms with van der Waals surface area (Å²) in [6.45, 7) is 0. The van der Waals surface area contributed by atoms with Gasteiger partial charge >= 0.3 is 0 Å². The number of aryl methyl sites for hydroxylation is 2. The van der Waals surface area contributed by atoms with Crippen LogP contribution in [-0.4, -0.2) is 10.9 Å².